The quantitative estimate of drug-likeness (QED) is 0.757. The van der Waals surface area contributed by atoms with Gasteiger partial charge in [-0.2, -0.15) is 0 Å². The van der Waals surface area contributed by atoms with Crippen molar-refractivity contribution in [1.82, 2.24) is 4.98 Å². The van der Waals surface area contributed by atoms with E-state index in [2.05, 4.69) is 16.8 Å². The lowest BCUT2D eigenvalue weighted by atomic mass is 10.4. The minimum Gasteiger partial charge on any atom is -0.465 e. The van der Waals surface area contributed by atoms with E-state index in [4.69, 9.17) is 4.74 Å². The molecule has 0 saturated heterocycles. The largest absolute Gasteiger partial charge is 0.465 e. The molecular formula is C12H18N2O2S. The predicted octanol–water partition coefficient (Wildman–Crippen LogP) is 2.47. The zero-order valence-corrected chi connectivity index (χ0v) is 11.3. The molecule has 0 spiro atoms. The van der Waals surface area contributed by atoms with Gasteiger partial charge in [-0.15, -0.1) is 0 Å². The van der Waals surface area contributed by atoms with Crippen molar-refractivity contribution in [3.63, 3.8) is 0 Å². The van der Waals surface area contributed by atoms with Crippen LogP contribution in [0.5, 0.6) is 0 Å². The molecular weight excluding hydrogens is 236 g/mol. The first-order valence-corrected chi connectivity index (χ1v) is 6.78. The molecule has 0 atom stereocenters. The first kappa shape index (κ1) is 12.4. The molecule has 4 nitrogen and oxygen atoms in total. The highest BCUT2D eigenvalue weighted by Crippen LogP contribution is 2.33. The number of aryl methyl sites for hydroxylation is 1. The maximum absolute atomic E-state index is 11.5. The maximum atomic E-state index is 11.5. The minimum atomic E-state index is -0.284. The van der Waals surface area contributed by atoms with Crippen molar-refractivity contribution in [1.29, 1.82) is 0 Å². The molecule has 0 N–H and O–H groups in total. The van der Waals surface area contributed by atoms with Crippen LogP contribution in [0.3, 0.4) is 0 Å². The molecule has 2 rings (SSSR count). The van der Waals surface area contributed by atoms with Gasteiger partial charge in [-0.05, 0) is 32.6 Å². The predicted molar refractivity (Wildman–Crippen MR) is 68.8 cm³/mol. The highest BCUT2D eigenvalue weighted by atomic mass is 32.1. The fourth-order valence-corrected chi connectivity index (χ4v) is 2.81. The van der Waals surface area contributed by atoms with Crippen LogP contribution in [0.15, 0.2) is 0 Å². The number of hydrogen-bond donors (Lipinski definition) is 0. The molecule has 0 aromatic carbocycles. The van der Waals surface area contributed by atoms with E-state index >= 15 is 0 Å². The second-order valence-electron chi connectivity index (χ2n) is 4.38. The van der Waals surface area contributed by atoms with Crippen molar-refractivity contribution in [2.75, 3.05) is 25.1 Å². The van der Waals surface area contributed by atoms with E-state index in [0.717, 1.165) is 29.8 Å². The van der Waals surface area contributed by atoms with E-state index in [1.807, 2.05) is 6.92 Å². The number of anilines is 1. The zero-order valence-electron chi connectivity index (χ0n) is 10.5. The zero-order chi connectivity index (χ0) is 12.4. The molecule has 1 aromatic heterocycles. The number of esters is 1. The van der Waals surface area contributed by atoms with Crippen molar-refractivity contribution in [2.24, 2.45) is 5.92 Å². The van der Waals surface area contributed by atoms with Gasteiger partial charge >= 0.3 is 5.97 Å². The summed E-state index contributed by atoms with van der Waals surface area (Å²) in [6.45, 7) is 5.97. The third-order valence-electron chi connectivity index (χ3n) is 2.98. The first-order chi connectivity index (χ1) is 8.15. The van der Waals surface area contributed by atoms with E-state index < -0.39 is 0 Å². The fourth-order valence-electron chi connectivity index (χ4n) is 1.75. The molecule has 1 aliphatic carbocycles. The molecule has 1 heterocycles. The number of nitrogens with zero attached hydrogens (tertiary/aromatic N) is 2. The Morgan fingerprint density at radius 2 is 2.29 bits per heavy atom. The summed E-state index contributed by atoms with van der Waals surface area (Å²) in [5.41, 5.74) is 0.770. The Morgan fingerprint density at radius 1 is 1.59 bits per heavy atom. The number of carbonyl (C=O) groups excluding carboxylic acids is 1. The summed E-state index contributed by atoms with van der Waals surface area (Å²) < 4.78 is 4.75. The van der Waals surface area contributed by atoms with Gasteiger partial charge in [0.05, 0.1) is 12.8 Å². The van der Waals surface area contributed by atoms with Crippen molar-refractivity contribution in [2.45, 2.75) is 26.7 Å². The standard InChI is InChI=1S/C12H18N2O2S/c1-4-14(7-9-5-6-9)12-13-8(2)10(17-12)11(15)16-3/h9H,4-7H2,1-3H3. The number of methoxy groups -OCH3 is 1. The van der Waals surface area contributed by atoms with Gasteiger partial charge in [0.25, 0.3) is 0 Å². The van der Waals surface area contributed by atoms with Gasteiger partial charge in [-0.25, -0.2) is 9.78 Å². The van der Waals surface area contributed by atoms with Gasteiger partial charge in [0.2, 0.25) is 0 Å². The van der Waals surface area contributed by atoms with Gasteiger partial charge in [-0.1, -0.05) is 11.3 Å². The molecule has 1 fully saturated rings. The molecule has 1 aromatic rings. The molecule has 0 bridgehead atoms. The lowest BCUT2D eigenvalue weighted by molar-refractivity contribution is 0.0605. The maximum Gasteiger partial charge on any atom is 0.350 e. The van der Waals surface area contributed by atoms with Gasteiger partial charge in [0, 0.05) is 13.1 Å². The average molecular weight is 254 g/mol. The molecule has 17 heavy (non-hydrogen) atoms. The van der Waals surface area contributed by atoms with Crippen LogP contribution in [-0.4, -0.2) is 31.2 Å². The summed E-state index contributed by atoms with van der Waals surface area (Å²) in [5, 5.41) is 0.942. The van der Waals surface area contributed by atoms with Gasteiger partial charge in [0.15, 0.2) is 5.13 Å². The second kappa shape index (κ2) is 5.04. The Bertz CT molecular complexity index is 413. The van der Waals surface area contributed by atoms with Crippen LogP contribution in [0.25, 0.3) is 0 Å². The molecule has 5 heteroatoms. The molecule has 1 saturated carbocycles. The van der Waals surface area contributed by atoms with Gasteiger partial charge in [-0.3, -0.25) is 0 Å². The number of carbonyl (C=O) groups is 1. The van der Waals surface area contributed by atoms with Gasteiger partial charge in [0.1, 0.15) is 4.88 Å². The molecule has 0 radical (unpaired) electrons. The average Bonchev–Trinajstić information content (AvgIpc) is 3.07. The van der Waals surface area contributed by atoms with Crippen LogP contribution in [0.4, 0.5) is 5.13 Å². The summed E-state index contributed by atoms with van der Waals surface area (Å²) in [6, 6.07) is 0. The van der Waals surface area contributed by atoms with Crippen LogP contribution < -0.4 is 4.90 Å². The molecule has 94 valence electrons. The van der Waals surface area contributed by atoms with Crippen LogP contribution in [0, 0.1) is 12.8 Å². The molecule has 1 aliphatic rings. The van der Waals surface area contributed by atoms with E-state index in [1.165, 1.54) is 31.3 Å². The summed E-state index contributed by atoms with van der Waals surface area (Å²) in [6.07, 6.45) is 2.65. The number of aromatic nitrogens is 1. The van der Waals surface area contributed by atoms with E-state index in [-0.39, 0.29) is 5.97 Å². The van der Waals surface area contributed by atoms with Gasteiger partial charge < -0.3 is 9.64 Å². The van der Waals surface area contributed by atoms with E-state index in [0.29, 0.717) is 4.88 Å². The monoisotopic (exact) mass is 254 g/mol. The lowest BCUT2D eigenvalue weighted by Crippen LogP contribution is -2.24. The third kappa shape index (κ3) is 2.77. The van der Waals surface area contributed by atoms with Crippen LogP contribution in [0.2, 0.25) is 0 Å². The first-order valence-electron chi connectivity index (χ1n) is 5.96. The minimum absolute atomic E-state index is 0.284. The summed E-state index contributed by atoms with van der Waals surface area (Å²) in [7, 11) is 1.41. The molecule has 0 amide bonds. The topological polar surface area (TPSA) is 42.4 Å². The number of hydrogen-bond acceptors (Lipinski definition) is 5. The smallest absolute Gasteiger partial charge is 0.350 e. The lowest BCUT2D eigenvalue weighted by Gasteiger charge is -2.19. The van der Waals surface area contributed by atoms with Crippen molar-refractivity contribution >= 4 is 22.4 Å². The number of rotatable bonds is 5. The fraction of sp³-hybridized carbons (Fsp3) is 0.667. The Labute approximate surface area is 106 Å². The summed E-state index contributed by atoms with van der Waals surface area (Å²) >= 11 is 1.43. The van der Waals surface area contributed by atoms with E-state index in [1.54, 1.807) is 0 Å². The van der Waals surface area contributed by atoms with E-state index in [9.17, 15) is 4.79 Å². The van der Waals surface area contributed by atoms with Crippen LogP contribution >= 0.6 is 11.3 Å². The van der Waals surface area contributed by atoms with Crippen LogP contribution in [0.1, 0.15) is 35.1 Å². The summed E-state index contributed by atoms with van der Waals surface area (Å²) in [5.74, 6) is 0.537. The van der Waals surface area contributed by atoms with Crippen molar-refractivity contribution in [3.05, 3.63) is 10.6 Å². The Balaban J connectivity index is 2.16. The number of thiazole rings is 1. The Morgan fingerprint density at radius 3 is 2.82 bits per heavy atom. The van der Waals surface area contributed by atoms with Crippen molar-refractivity contribution in [3.8, 4) is 0 Å². The van der Waals surface area contributed by atoms with Crippen molar-refractivity contribution < 1.29 is 9.53 Å². The Kier molecular flexibility index (Phi) is 3.66. The highest BCUT2D eigenvalue weighted by Gasteiger charge is 2.26. The Hall–Kier alpha value is -1.10. The normalized spacial score (nSPS) is 14.8. The summed E-state index contributed by atoms with van der Waals surface area (Å²) in [4.78, 5) is 18.9. The third-order valence-corrected chi connectivity index (χ3v) is 4.18. The molecule has 0 unspecified atom stereocenters. The van der Waals surface area contributed by atoms with Crippen LogP contribution in [-0.2, 0) is 4.74 Å². The highest BCUT2D eigenvalue weighted by molar-refractivity contribution is 7.17. The number of ether oxygens (including phenoxy) is 1. The second-order valence-corrected chi connectivity index (χ2v) is 5.36. The molecule has 0 aliphatic heterocycles. The SMILES string of the molecule is CCN(CC1CC1)c1nc(C)c(C(=O)OC)s1.